The summed E-state index contributed by atoms with van der Waals surface area (Å²) in [7, 11) is 1.32. The van der Waals surface area contributed by atoms with Crippen LogP contribution in [0.25, 0.3) is 0 Å². The number of aryl methyl sites for hydroxylation is 1. The number of carbonyl (C=O) groups excluding carboxylic acids is 2. The fraction of sp³-hybridized carbons (Fsp3) is 0.429. The maximum absolute atomic E-state index is 14.6. The van der Waals surface area contributed by atoms with Crippen molar-refractivity contribution in [3.8, 4) is 0 Å². The van der Waals surface area contributed by atoms with E-state index in [0.29, 0.717) is 17.1 Å². The molecule has 2 heterocycles. The van der Waals surface area contributed by atoms with Crippen LogP contribution in [0.1, 0.15) is 41.6 Å². The van der Waals surface area contributed by atoms with Gasteiger partial charge in [-0.15, -0.1) is 0 Å². The Morgan fingerprint density at radius 1 is 1.29 bits per heavy atom. The molecule has 1 aliphatic carbocycles. The van der Waals surface area contributed by atoms with Gasteiger partial charge in [0.15, 0.2) is 5.82 Å². The predicted molar refractivity (Wildman–Crippen MR) is 113 cm³/mol. The number of fused-ring (bicyclic) bond motifs is 1. The van der Waals surface area contributed by atoms with Crippen LogP contribution in [0.4, 0.5) is 31.9 Å². The van der Waals surface area contributed by atoms with Crippen molar-refractivity contribution in [2.24, 2.45) is 5.73 Å². The first-order chi connectivity index (χ1) is 14.7. The van der Waals surface area contributed by atoms with Crippen molar-refractivity contribution in [2.75, 3.05) is 28.7 Å². The molecule has 0 spiro atoms. The van der Waals surface area contributed by atoms with E-state index in [0.717, 1.165) is 36.1 Å². The average molecular weight is 430 g/mol. The minimum atomic E-state index is -3.52. The Labute approximate surface area is 178 Å². The largest absolute Gasteiger partial charge is 0.366 e. The van der Waals surface area contributed by atoms with Crippen LogP contribution in [-0.2, 0) is 4.79 Å². The number of nitrogens with one attached hydrogen (secondary N) is 1. The molecule has 10 heteroatoms. The SMILES string of the molecule is Cc1cc(C(N)=O)ccc1Nc1ncc2c(n1)N(C1CCCC1)CC(F)(F)C(=O)N2C. The molecule has 164 valence electrons. The Bertz CT molecular complexity index is 1040. The van der Waals surface area contributed by atoms with E-state index in [2.05, 4.69) is 15.3 Å². The third kappa shape index (κ3) is 3.89. The molecule has 31 heavy (non-hydrogen) atoms. The van der Waals surface area contributed by atoms with Crippen molar-refractivity contribution >= 4 is 35.0 Å². The Morgan fingerprint density at radius 2 is 2.00 bits per heavy atom. The number of nitrogens with two attached hydrogens (primary N) is 1. The monoisotopic (exact) mass is 430 g/mol. The number of aromatic nitrogens is 2. The first-order valence-electron chi connectivity index (χ1n) is 10.1. The minimum absolute atomic E-state index is 0.108. The lowest BCUT2D eigenvalue weighted by molar-refractivity contribution is -0.140. The Hall–Kier alpha value is -3.30. The molecule has 1 aromatic carbocycles. The summed E-state index contributed by atoms with van der Waals surface area (Å²) in [6.45, 7) is 1.09. The van der Waals surface area contributed by atoms with Gasteiger partial charge in [-0.05, 0) is 43.5 Å². The maximum atomic E-state index is 14.6. The van der Waals surface area contributed by atoms with E-state index < -0.39 is 24.3 Å². The highest BCUT2D eigenvalue weighted by atomic mass is 19.3. The van der Waals surface area contributed by atoms with Gasteiger partial charge in [-0.25, -0.2) is 4.98 Å². The lowest BCUT2D eigenvalue weighted by Crippen LogP contribution is -2.48. The van der Waals surface area contributed by atoms with Gasteiger partial charge in [-0.2, -0.15) is 13.8 Å². The van der Waals surface area contributed by atoms with Crippen LogP contribution in [0, 0.1) is 6.92 Å². The van der Waals surface area contributed by atoms with E-state index >= 15 is 0 Å². The van der Waals surface area contributed by atoms with Gasteiger partial charge in [-0.1, -0.05) is 12.8 Å². The summed E-state index contributed by atoms with van der Waals surface area (Å²) >= 11 is 0. The number of halogens is 2. The number of anilines is 4. The fourth-order valence-corrected chi connectivity index (χ4v) is 4.18. The van der Waals surface area contributed by atoms with Crippen molar-refractivity contribution in [3.05, 3.63) is 35.5 Å². The van der Waals surface area contributed by atoms with Crippen molar-refractivity contribution in [2.45, 2.75) is 44.6 Å². The molecule has 2 aromatic rings. The molecular weight excluding hydrogens is 406 g/mol. The summed E-state index contributed by atoms with van der Waals surface area (Å²) in [5, 5.41) is 3.07. The number of nitrogens with zero attached hydrogens (tertiary/aromatic N) is 4. The molecule has 4 rings (SSSR count). The lowest BCUT2D eigenvalue weighted by atomic mass is 10.1. The highest BCUT2D eigenvalue weighted by Gasteiger charge is 2.48. The maximum Gasteiger partial charge on any atom is 0.342 e. The van der Waals surface area contributed by atoms with E-state index in [9.17, 15) is 18.4 Å². The van der Waals surface area contributed by atoms with E-state index in [-0.39, 0.29) is 17.7 Å². The van der Waals surface area contributed by atoms with Gasteiger partial charge < -0.3 is 20.9 Å². The molecule has 1 fully saturated rings. The second-order valence-corrected chi connectivity index (χ2v) is 8.06. The van der Waals surface area contributed by atoms with Gasteiger partial charge in [0.25, 0.3) is 5.91 Å². The van der Waals surface area contributed by atoms with Crippen LogP contribution >= 0.6 is 0 Å². The van der Waals surface area contributed by atoms with Crippen LogP contribution in [0.5, 0.6) is 0 Å². The van der Waals surface area contributed by atoms with Crippen molar-refractivity contribution < 1.29 is 18.4 Å². The topological polar surface area (TPSA) is 104 Å². The first-order valence-corrected chi connectivity index (χ1v) is 10.1. The summed E-state index contributed by atoms with van der Waals surface area (Å²) in [6, 6.07) is 4.80. The first kappa shape index (κ1) is 21.0. The summed E-state index contributed by atoms with van der Waals surface area (Å²) in [6.07, 6.45) is 4.84. The number of hydrogen-bond donors (Lipinski definition) is 2. The average Bonchev–Trinajstić information content (AvgIpc) is 3.24. The standard InChI is InChI=1S/C21H24F2N6O2/c1-12-9-13(17(24)30)7-8-15(12)26-20-25-10-16-18(27-20)29(14-5-3-4-6-14)11-21(22,23)19(31)28(16)2/h7-10,14H,3-6,11H2,1-2H3,(H2,24,30)(H,25,26,27). The normalized spacial score (nSPS) is 18.6. The van der Waals surface area contributed by atoms with Crippen molar-refractivity contribution in [3.63, 3.8) is 0 Å². The predicted octanol–water partition coefficient (Wildman–Crippen LogP) is 2.99. The lowest BCUT2D eigenvalue weighted by Gasteiger charge is -2.31. The van der Waals surface area contributed by atoms with Gasteiger partial charge >= 0.3 is 5.92 Å². The molecule has 2 aliphatic rings. The molecule has 1 aliphatic heterocycles. The number of amides is 2. The van der Waals surface area contributed by atoms with Crippen LogP contribution in [-0.4, -0.2) is 47.3 Å². The Balaban J connectivity index is 1.73. The van der Waals surface area contributed by atoms with Crippen molar-refractivity contribution in [1.29, 1.82) is 0 Å². The molecule has 0 radical (unpaired) electrons. The smallest absolute Gasteiger partial charge is 0.342 e. The minimum Gasteiger partial charge on any atom is -0.366 e. The van der Waals surface area contributed by atoms with E-state index in [1.807, 2.05) is 0 Å². The highest BCUT2D eigenvalue weighted by Crippen LogP contribution is 2.39. The zero-order valence-corrected chi connectivity index (χ0v) is 17.4. The molecule has 8 nitrogen and oxygen atoms in total. The number of alkyl halides is 2. The second-order valence-electron chi connectivity index (χ2n) is 8.06. The summed E-state index contributed by atoms with van der Waals surface area (Å²) in [5.74, 6) is -4.80. The summed E-state index contributed by atoms with van der Waals surface area (Å²) in [4.78, 5) is 35.0. The van der Waals surface area contributed by atoms with Gasteiger partial charge in [0.1, 0.15) is 5.69 Å². The van der Waals surface area contributed by atoms with Crippen LogP contribution < -0.4 is 20.9 Å². The number of rotatable bonds is 4. The molecular formula is C21H24F2N6O2. The number of carbonyl (C=O) groups is 2. The summed E-state index contributed by atoms with van der Waals surface area (Å²) in [5.41, 5.74) is 7.35. The highest BCUT2D eigenvalue weighted by molar-refractivity contribution is 6.02. The number of hydrogen-bond acceptors (Lipinski definition) is 6. The van der Waals surface area contributed by atoms with E-state index in [1.165, 1.54) is 13.2 Å². The molecule has 0 atom stereocenters. The third-order valence-corrected chi connectivity index (χ3v) is 5.89. The van der Waals surface area contributed by atoms with Gasteiger partial charge in [-0.3, -0.25) is 9.59 Å². The number of benzene rings is 1. The van der Waals surface area contributed by atoms with Gasteiger partial charge in [0.05, 0.1) is 12.7 Å². The molecule has 1 aromatic heterocycles. The third-order valence-electron chi connectivity index (χ3n) is 5.89. The summed E-state index contributed by atoms with van der Waals surface area (Å²) < 4.78 is 29.3. The van der Waals surface area contributed by atoms with Crippen LogP contribution in [0.2, 0.25) is 0 Å². The quantitative estimate of drug-likeness (QED) is 0.773. The molecule has 0 saturated heterocycles. The molecule has 0 bridgehead atoms. The van der Waals surface area contributed by atoms with Gasteiger partial charge in [0, 0.05) is 24.3 Å². The zero-order chi connectivity index (χ0) is 22.3. The van der Waals surface area contributed by atoms with Crippen LogP contribution in [0.3, 0.4) is 0 Å². The van der Waals surface area contributed by atoms with E-state index in [4.69, 9.17) is 5.73 Å². The Kier molecular flexibility index (Phi) is 5.24. The number of primary amides is 1. The van der Waals surface area contributed by atoms with Gasteiger partial charge in [0.2, 0.25) is 11.9 Å². The molecule has 0 unspecified atom stereocenters. The van der Waals surface area contributed by atoms with Crippen LogP contribution in [0.15, 0.2) is 24.4 Å². The molecule has 2 amide bonds. The molecule has 1 saturated carbocycles. The molecule has 3 N–H and O–H groups in total. The van der Waals surface area contributed by atoms with E-state index in [1.54, 1.807) is 30.0 Å². The zero-order valence-electron chi connectivity index (χ0n) is 17.4. The second kappa shape index (κ2) is 7.75. The fourth-order valence-electron chi connectivity index (χ4n) is 4.18. The van der Waals surface area contributed by atoms with Crippen molar-refractivity contribution in [1.82, 2.24) is 9.97 Å². The Morgan fingerprint density at radius 3 is 2.65 bits per heavy atom.